The molecule has 0 aliphatic heterocycles. The number of halogens is 2. The van der Waals surface area contributed by atoms with E-state index in [9.17, 15) is 14.0 Å². The maximum absolute atomic E-state index is 13.6. The summed E-state index contributed by atoms with van der Waals surface area (Å²) in [6.07, 6.45) is 0.285. The average Bonchev–Trinajstić information content (AvgIpc) is 2.29. The van der Waals surface area contributed by atoms with Crippen LogP contribution < -0.4 is 0 Å². The number of Topliss-reactive ketones (excluding diaryl/α,β-unsaturated/α-hetero) is 1. The number of ether oxygens (including phenoxy) is 1. The summed E-state index contributed by atoms with van der Waals surface area (Å²) in [5, 5.41) is 0. The number of carbonyl (C=O) groups excluding carboxylic acids is 2. The Morgan fingerprint density at radius 1 is 1.39 bits per heavy atom. The third-order valence-corrected chi connectivity index (χ3v) is 2.99. The van der Waals surface area contributed by atoms with Gasteiger partial charge in [0.2, 0.25) is 0 Å². The predicted octanol–water partition coefficient (Wildman–Crippen LogP) is 3.36. The van der Waals surface area contributed by atoms with Crippen molar-refractivity contribution in [2.24, 2.45) is 5.92 Å². The molecule has 0 radical (unpaired) electrons. The molecule has 1 unspecified atom stereocenters. The van der Waals surface area contributed by atoms with Crippen molar-refractivity contribution in [3.63, 3.8) is 0 Å². The molecule has 0 spiro atoms. The van der Waals surface area contributed by atoms with Gasteiger partial charge in [0.25, 0.3) is 0 Å². The van der Waals surface area contributed by atoms with Gasteiger partial charge < -0.3 is 4.74 Å². The highest BCUT2D eigenvalue weighted by Crippen LogP contribution is 2.20. The molecule has 1 rings (SSSR count). The zero-order valence-corrected chi connectivity index (χ0v) is 11.8. The number of carbonyl (C=O) groups is 2. The molecule has 0 bridgehead atoms. The van der Waals surface area contributed by atoms with Gasteiger partial charge in [0.1, 0.15) is 11.7 Å². The Bertz CT molecular complexity index is 460. The van der Waals surface area contributed by atoms with Gasteiger partial charge in [-0.3, -0.25) is 9.59 Å². The van der Waals surface area contributed by atoms with Crippen LogP contribution in [0.4, 0.5) is 4.39 Å². The third-order valence-electron chi connectivity index (χ3n) is 2.49. The van der Waals surface area contributed by atoms with Crippen LogP contribution in [0.1, 0.15) is 30.6 Å². The van der Waals surface area contributed by atoms with Gasteiger partial charge in [0, 0.05) is 4.47 Å². The molecule has 0 saturated heterocycles. The van der Waals surface area contributed by atoms with Gasteiger partial charge in [-0.25, -0.2) is 4.39 Å². The quantitative estimate of drug-likeness (QED) is 0.475. The van der Waals surface area contributed by atoms with Crippen molar-refractivity contribution in [1.82, 2.24) is 0 Å². The molecule has 5 heteroatoms. The lowest BCUT2D eigenvalue weighted by molar-refractivity contribution is -0.146. The zero-order valence-electron chi connectivity index (χ0n) is 10.2. The molecule has 0 N–H and O–H groups in total. The summed E-state index contributed by atoms with van der Waals surface area (Å²) < 4.78 is 19.0. The second kappa shape index (κ2) is 6.64. The summed E-state index contributed by atoms with van der Waals surface area (Å²) in [5.74, 6) is -2.73. The Hall–Kier alpha value is -1.23. The summed E-state index contributed by atoms with van der Waals surface area (Å²) >= 11 is 3.11. The second-order valence-electron chi connectivity index (χ2n) is 3.70. The molecular formula is C13H14BrFO3. The number of hydrogen-bond acceptors (Lipinski definition) is 3. The van der Waals surface area contributed by atoms with Crippen LogP contribution in [0.2, 0.25) is 0 Å². The van der Waals surface area contributed by atoms with E-state index in [1.165, 1.54) is 12.1 Å². The summed E-state index contributed by atoms with van der Waals surface area (Å²) in [6, 6.07) is 4.13. The van der Waals surface area contributed by atoms with Gasteiger partial charge >= 0.3 is 5.97 Å². The van der Waals surface area contributed by atoms with Gasteiger partial charge in [-0.15, -0.1) is 0 Å². The van der Waals surface area contributed by atoms with E-state index in [1.54, 1.807) is 19.9 Å². The highest BCUT2D eigenvalue weighted by Gasteiger charge is 2.28. The van der Waals surface area contributed by atoms with Gasteiger partial charge in [-0.05, 0) is 31.5 Å². The van der Waals surface area contributed by atoms with Crippen molar-refractivity contribution in [3.8, 4) is 0 Å². The number of rotatable bonds is 5. The predicted molar refractivity (Wildman–Crippen MR) is 68.8 cm³/mol. The summed E-state index contributed by atoms with van der Waals surface area (Å²) in [7, 11) is 0. The molecular weight excluding hydrogens is 303 g/mol. The molecule has 98 valence electrons. The molecule has 0 aliphatic carbocycles. The fourth-order valence-corrected chi connectivity index (χ4v) is 1.91. The van der Waals surface area contributed by atoms with E-state index in [1.807, 2.05) is 0 Å². The first-order valence-corrected chi connectivity index (χ1v) is 6.46. The fraction of sp³-hybridized carbons (Fsp3) is 0.385. The van der Waals surface area contributed by atoms with E-state index in [0.29, 0.717) is 4.47 Å². The van der Waals surface area contributed by atoms with Crippen molar-refractivity contribution >= 4 is 27.7 Å². The van der Waals surface area contributed by atoms with Crippen LogP contribution in [0.15, 0.2) is 22.7 Å². The smallest absolute Gasteiger partial charge is 0.316 e. The van der Waals surface area contributed by atoms with Gasteiger partial charge in [-0.1, -0.05) is 22.9 Å². The lowest BCUT2D eigenvalue weighted by atomic mass is 9.95. The first-order valence-electron chi connectivity index (χ1n) is 5.67. The van der Waals surface area contributed by atoms with Gasteiger partial charge in [0.05, 0.1) is 12.2 Å². The lowest BCUT2D eigenvalue weighted by Crippen LogP contribution is -2.26. The molecule has 1 aromatic rings. The Balaban J connectivity index is 3.00. The van der Waals surface area contributed by atoms with Crippen molar-refractivity contribution in [2.75, 3.05) is 6.61 Å². The van der Waals surface area contributed by atoms with Crippen LogP contribution in [0.3, 0.4) is 0 Å². The highest BCUT2D eigenvalue weighted by atomic mass is 79.9. The van der Waals surface area contributed by atoms with Crippen molar-refractivity contribution in [2.45, 2.75) is 20.3 Å². The number of esters is 1. The first-order chi connectivity index (χ1) is 8.51. The molecule has 1 aromatic carbocycles. The van der Waals surface area contributed by atoms with Crippen LogP contribution >= 0.6 is 15.9 Å². The van der Waals surface area contributed by atoms with Crippen LogP contribution in [0, 0.1) is 11.7 Å². The molecule has 0 amide bonds. The van der Waals surface area contributed by atoms with Crippen LogP contribution in [0.25, 0.3) is 0 Å². The largest absolute Gasteiger partial charge is 0.465 e. The molecule has 0 fully saturated rings. The van der Waals surface area contributed by atoms with E-state index in [-0.39, 0.29) is 18.6 Å². The Kier molecular flexibility index (Phi) is 5.47. The van der Waals surface area contributed by atoms with E-state index in [0.717, 1.165) is 0 Å². The molecule has 18 heavy (non-hydrogen) atoms. The Labute approximate surface area is 113 Å². The molecule has 0 aliphatic rings. The number of ketones is 1. The van der Waals surface area contributed by atoms with E-state index < -0.39 is 23.5 Å². The van der Waals surface area contributed by atoms with Gasteiger partial charge in [-0.2, -0.15) is 0 Å². The molecule has 0 aromatic heterocycles. The van der Waals surface area contributed by atoms with Crippen molar-refractivity contribution < 1.29 is 18.7 Å². The van der Waals surface area contributed by atoms with E-state index in [2.05, 4.69) is 15.9 Å². The molecule has 0 heterocycles. The highest BCUT2D eigenvalue weighted by molar-refractivity contribution is 9.10. The topological polar surface area (TPSA) is 43.4 Å². The lowest BCUT2D eigenvalue weighted by Gasteiger charge is -2.13. The minimum Gasteiger partial charge on any atom is -0.465 e. The van der Waals surface area contributed by atoms with E-state index >= 15 is 0 Å². The van der Waals surface area contributed by atoms with Gasteiger partial charge in [0.15, 0.2) is 5.78 Å². The average molecular weight is 317 g/mol. The number of benzene rings is 1. The summed E-state index contributed by atoms with van der Waals surface area (Å²) in [6.45, 7) is 3.55. The minimum atomic E-state index is -0.944. The van der Waals surface area contributed by atoms with Crippen molar-refractivity contribution in [1.29, 1.82) is 0 Å². The molecule has 1 atom stereocenters. The standard InChI is InChI=1S/C13H14BrFO3/c1-3-9(13(17)18-4-2)12(16)10-6-5-8(14)7-11(10)15/h5-7,9H,3-4H2,1-2H3. The summed E-state index contributed by atoms with van der Waals surface area (Å²) in [4.78, 5) is 23.7. The first kappa shape index (κ1) is 14.8. The molecule has 0 saturated carbocycles. The zero-order chi connectivity index (χ0) is 13.7. The van der Waals surface area contributed by atoms with E-state index in [4.69, 9.17) is 4.74 Å². The Morgan fingerprint density at radius 2 is 2.06 bits per heavy atom. The Morgan fingerprint density at radius 3 is 2.56 bits per heavy atom. The van der Waals surface area contributed by atoms with Crippen LogP contribution in [0.5, 0.6) is 0 Å². The van der Waals surface area contributed by atoms with Crippen LogP contribution in [-0.2, 0) is 9.53 Å². The summed E-state index contributed by atoms with van der Waals surface area (Å²) in [5.41, 5.74) is -0.0851. The maximum Gasteiger partial charge on any atom is 0.316 e. The minimum absolute atomic E-state index is 0.0851. The second-order valence-corrected chi connectivity index (χ2v) is 4.62. The monoisotopic (exact) mass is 316 g/mol. The SMILES string of the molecule is CCOC(=O)C(CC)C(=O)c1ccc(Br)cc1F. The van der Waals surface area contributed by atoms with Crippen molar-refractivity contribution in [3.05, 3.63) is 34.1 Å². The third kappa shape index (κ3) is 3.38. The maximum atomic E-state index is 13.6. The normalized spacial score (nSPS) is 12.0. The van der Waals surface area contributed by atoms with Crippen LogP contribution in [-0.4, -0.2) is 18.4 Å². The molecule has 3 nitrogen and oxygen atoms in total. The fourth-order valence-electron chi connectivity index (χ4n) is 1.58. The number of hydrogen-bond donors (Lipinski definition) is 0.